The molecule has 222 valence electrons. The van der Waals surface area contributed by atoms with Gasteiger partial charge in [-0.2, -0.15) is 0 Å². The Morgan fingerprint density at radius 1 is 1.02 bits per heavy atom. The highest BCUT2D eigenvalue weighted by Crippen LogP contribution is 2.45. The minimum Gasteiger partial charge on any atom is -0.479 e. The van der Waals surface area contributed by atoms with Crippen molar-refractivity contribution in [1.29, 1.82) is 0 Å². The minimum absolute atomic E-state index is 0.00774. The number of carbonyl (C=O) groups is 2. The summed E-state index contributed by atoms with van der Waals surface area (Å²) in [5, 5.41) is 38.8. The van der Waals surface area contributed by atoms with E-state index in [1.165, 1.54) is 0 Å². The van der Waals surface area contributed by atoms with Crippen LogP contribution >= 0.6 is 0 Å². The lowest BCUT2D eigenvalue weighted by Gasteiger charge is -2.37. The fourth-order valence-corrected chi connectivity index (χ4v) is 5.51. The number of ether oxygens (including phenoxy) is 2. The molecule has 0 bridgehead atoms. The van der Waals surface area contributed by atoms with Crippen LogP contribution in [-0.2, 0) is 14.3 Å². The number of carbonyl (C=O) groups excluding carboxylic acids is 1. The van der Waals surface area contributed by atoms with Crippen LogP contribution in [0.1, 0.15) is 10.4 Å². The average molecular weight is 592 g/mol. The van der Waals surface area contributed by atoms with Gasteiger partial charge in [0.05, 0.1) is 11.1 Å². The molecule has 2 aromatic heterocycles. The van der Waals surface area contributed by atoms with Gasteiger partial charge in [-0.15, -0.1) is 0 Å². The molecule has 0 spiro atoms. The first kappa shape index (κ1) is 28.0. The maximum absolute atomic E-state index is 15.3. The minimum atomic E-state index is -2.16. The molecule has 16 heteroatoms. The number of aliphatic hydroxyl groups excluding tert-OH is 3. The predicted molar refractivity (Wildman–Crippen MR) is 134 cm³/mol. The van der Waals surface area contributed by atoms with Crippen LogP contribution in [0.4, 0.5) is 19.0 Å². The zero-order valence-corrected chi connectivity index (χ0v) is 21.3. The van der Waals surface area contributed by atoms with Crippen LogP contribution in [0, 0.1) is 29.3 Å². The zero-order valence-electron chi connectivity index (χ0n) is 21.3. The van der Waals surface area contributed by atoms with Crippen molar-refractivity contribution < 1.29 is 52.7 Å². The summed E-state index contributed by atoms with van der Waals surface area (Å²) in [6, 6.07) is 3.26. The van der Waals surface area contributed by atoms with E-state index in [1.807, 2.05) is 0 Å². The summed E-state index contributed by atoms with van der Waals surface area (Å²) in [4.78, 5) is 43.8. The molecule has 4 heterocycles. The number of carboxylic acids is 1. The third kappa shape index (κ3) is 4.47. The predicted octanol–water partition coefficient (Wildman–Crippen LogP) is -0.755. The van der Waals surface area contributed by atoms with Crippen LogP contribution in [0.5, 0.6) is 0 Å². The number of aromatic nitrogens is 2. The van der Waals surface area contributed by atoms with Crippen LogP contribution in [0.2, 0.25) is 0 Å². The third-order valence-electron chi connectivity index (χ3n) is 7.90. The van der Waals surface area contributed by atoms with Crippen LogP contribution < -0.4 is 16.1 Å². The number of anilines is 1. The van der Waals surface area contributed by atoms with E-state index >= 15 is 4.39 Å². The first-order chi connectivity index (χ1) is 19.9. The molecule has 3 fully saturated rings. The Morgan fingerprint density at radius 2 is 1.71 bits per heavy atom. The first-order valence-corrected chi connectivity index (χ1v) is 12.7. The number of nitrogens with zero attached hydrogens (tertiary/aromatic N) is 3. The van der Waals surface area contributed by atoms with Crippen molar-refractivity contribution in [2.24, 2.45) is 17.6 Å². The molecular formula is C26H23F3N4O9. The van der Waals surface area contributed by atoms with Gasteiger partial charge in [-0.1, -0.05) is 0 Å². The van der Waals surface area contributed by atoms with E-state index in [1.54, 1.807) is 4.90 Å². The van der Waals surface area contributed by atoms with Crippen molar-refractivity contribution >= 4 is 28.8 Å². The van der Waals surface area contributed by atoms with Crippen molar-refractivity contribution in [1.82, 2.24) is 9.55 Å². The number of aliphatic hydroxyl groups is 3. The molecule has 42 heavy (non-hydrogen) atoms. The summed E-state index contributed by atoms with van der Waals surface area (Å²) < 4.78 is 54.8. The van der Waals surface area contributed by atoms with Crippen molar-refractivity contribution in [3.05, 3.63) is 63.7 Å². The molecule has 3 aromatic rings. The quantitative estimate of drug-likeness (QED) is 0.233. The van der Waals surface area contributed by atoms with E-state index in [2.05, 4.69) is 4.98 Å². The summed E-state index contributed by atoms with van der Waals surface area (Å²) in [5.74, 6) is -6.09. The smallest absolute Gasteiger partial charge is 0.346 e. The molecule has 0 amide bonds. The summed E-state index contributed by atoms with van der Waals surface area (Å²) in [6.45, 7) is 0.810. The SMILES string of the molecule is NC1[C@H]2CN(c3nc4c(cc3F)c(=O)c(C(=O)OC3O[C@H](C(=O)O)[C@@H](O)[C@H](O)[C@H]3O)cn4-c3ccc(F)cc3F)C[C@@H]12. The molecular weight excluding hydrogens is 569 g/mol. The van der Waals surface area contributed by atoms with E-state index < -0.39 is 76.5 Å². The number of fused-ring (bicyclic) bond motifs is 2. The van der Waals surface area contributed by atoms with Crippen LogP contribution in [0.25, 0.3) is 16.7 Å². The van der Waals surface area contributed by atoms with Crippen LogP contribution in [-0.4, -0.2) is 91.8 Å². The van der Waals surface area contributed by atoms with Gasteiger partial charge in [0.1, 0.15) is 35.5 Å². The number of carboxylic acid groups (broad SMARTS) is 1. The molecule has 1 aliphatic carbocycles. The van der Waals surface area contributed by atoms with E-state index in [9.17, 15) is 43.6 Å². The van der Waals surface area contributed by atoms with Crippen LogP contribution in [0.15, 0.2) is 35.3 Å². The molecule has 6 N–H and O–H groups in total. The lowest BCUT2D eigenvalue weighted by atomic mass is 9.99. The second-order valence-electron chi connectivity index (χ2n) is 10.5. The number of benzene rings is 1. The van der Waals surface area contributed by atoms with Gasteiger partial charge in [0.2, 0.25) is 11.7 Å². The number of aliphatic carboxylic acids is 1. The van der Waals surface area contributed by atoms with Gasteiger partial charge in [-0.3, -0.25) is 9.36 Å². The molecule has 2 aliphatic heterocycles. The molecule has 13 nitrogen and oxygen atoms in total. The van der Waals surface area contributed by atoms with E-state index in [-0.39, 0.29) is 35.0 Å². The normalized spacial score (nSPS) is 30.3. The van der Waals surface area contributed by atoms with Crippen molar-refractivity contribution in [2.45, 2.75) is 36.7 Å². The lowest BCUT2D eigenvalue weighted by Crippen LogP contribution is -2.60. The Bertz CT molecular complexity index is 1670. The number of esters is 1. The standard InChI is InChI=1S/C26H23F3N4O9/c27-8-1-2-15(13(28)3-8)33-7-12(25(40)42-26-20(37)18(35)19(36)21(41-26)24(38)39)17(34)9-4-14(29)23(31-22(9)33)32-5-10-11(6-32)16(10)30/h1-4,7,10-11,16,18-21,26,35-37H,5-6,30H2,(H,38,39)/t10-,11+,16?,18-,19-,20+,21-,26?/m0/s1. The van der Waals surface area contributed by atoms with Crippen LogP contribution in [0.3, 0.4) is 0 Å². The van der Waals surface area contributed by atoms with E-state index in [4.69, 9.17) is 15.2 Å². The van der Waals surface area contributed by atoms with E-state index in [0.29, 0.717) is 19.2 Å². The van der Waals surface area contributed by atoms with Gasteiger partial charge >= 0.3 is 11.9 Å². The van der Waals surface area contributed by atoms with Gasteiger partial charge < -0.3 is 40.5 Å². The third-order valence-corrected chi connectivity index (χ3v) is 7.90. The second kappa shape index (κ2) is 10.0. The summed E-state index contributed by atoms with van der Waals surface area (Å²) in [5.41, 5.74) is 3.34. The molecule has 2 unspecified atom stereocenters. The van der Waals surface area contributed by atoms with Gasteiger partial charge in [-0.25, -0.2) is 27.7 Å². The second-order valence-corrected chi connectivity index (χ2v) is 10.5. The molecule has 3 aliphatic rings. The Labute approximate surface area is 233 Å². The molecule has 1 aromatic carbocycles. The number of hydrogen-bond acceptors (Lipinski definition) is 11. The van der Waals surface area contributed by atoms with Gasteiger partial charge in [-0.05, 0) is 30.0 Å². The van der Waals surface area contributed by atoms with Crippen molar-refractivity contribution in [2.75, 3.05) is 18.0 Å². The monoisotopic (exact) mass is 592 g/mol. The Morgan fingerprint density at radius 3 is 2.36 bits per heavy atom. The Hall–Kier alpha value is -4.09. The zero-order chi connectivity index (χ0) is 30.2. The fraction of sp³-hybridized carbons (Fsp3) is 0.385. The lowest BCUT2D eigenvalue weighted by molar-refractivity contribution is -0.278. The number of nitrogens with two attached hydrogens (primary N) is 1. The van der Waals surface area contributed by atoms with Gasteiger partial charge in [0.15, 0.2) is 23.4 Å². The summed E-state index contributed by atoms with van der Waals surface area (Å²) >= 11 is 0. The number of hydrogen-bond donors (Lipinski definition) is 5. The summed E-state index contributed by atoms with van der Waals surface area (Å²) in [7, 11) is 0. The Balaban J connectivity index is 1.44. The van der Waals surface area contributed by atoms with Crippen molar-refractivity contribution in [3.63, 3.8) is 0 Å². The highest BCUT2D eigenvalue weighted by atomic mass is 19.1. The maximum Gasteiger partial charge on any atom is 0.346 e. The molecule has 1 saturated carbocycles. The summed E-state index contributed by atoms with van der Waals surface area (Å²) in [6.07, 6.45) is -9.77. The van der Waals surface area contributed by atoms with Gasteiger partial charge in [0, 0.05) is 31.4 Å². The molecule has 8 atom stereocenters. The number of rotatable bonds is 5. The first-order valence-electron chi connectivity index (χ1n) is 12.7. The fourth-order valence-electron chi connectivity index (χ4n) is 5.51. The van der Waals surface area contributed by atoms with E-state index in [0.717, 1.165) is 29.0 Å². The van der Waals surface area contributed by atoms with Crippen molar-refractivity contribution in [3.8, 4) is 5.69 Å². The number of halogens is 3. The average Bonchev–Trinajstić information content (AvgIpc) is 3.31. The molecule has 6 rings (SSSR count). The molecule has 2 saturated heterocycles. The number of pyridine rings is 2. The largest absolute Gasteiger partial charge is 0.479 e. The highest BCUT2D eigenvalue weighted by molar-refractivity contribution is 5.94. The highest BCUT2D eigenvalue weighted by Gasteiger charge is 2.54. The molecule has 0 radical (unpaired) electrons. The number of piperidine rings is 1. The van der Waals surface area contributed by atoms with Gasteiger partial charge in [0.25, 0.3) is 0 Å². The Kier molecular flexibility index (Phi) is 6.69. The topological polar surface area (TPSA) is 198 Å². The maximum atomic E-state index is 15.3.